The van der Waals surface area contributed by atoms with Gasteiger partial charge in [0, 0.05) is 33.2 Å². The SMILES string of the molecule is CC(C)(C)c1ccc2c(c1)-n1c3ccccc3c3cc4c5c(c31)B2c1ccccc1N5C1(C)CCCC[C@@]41C. The van der Waals surface area contributed by atoms with Gasteiger partial charge in [-0.15, -0.1) is 0 Å². The first-order valence-corrected chi connectivity index (χ1v) is 14.9. The standard InChI is InChI=1S/C36H35BN2/c1-34(2,3)22-16-17-27-30(20-22)38-28-14-8-6-12-23(28)24-21-25-33-31(32(24)38)37(27)26-13-7-9-15-29(26)39(33)36(5)19-11-10-18-35(25,36)4/h6-9,12-17,20-21H,10-11,18-19H2,1-5H3/t35-,36?/m0/s1. The molecular weight excluding hydrogens is 471 g/mol. The fraction of sp³-hybridized carbons (Fsp3) is 0.333. The summed E-state index contributed by atoms with van der Waals surface area (Å²) in [5.74, 6) is 0. The van der Waals surface area contributed by atoms with Crippen molar-refractivity contribution >= 4 is 56.3 Å². The average Bonchev–Trinajstić information content (AvgIpc) is 3.37. The highest BCUT2D eigenvalue weighted by Gasteiger charge is 2.61. The Labute approximate surface area is 231 Å². The van der Waals surface area contributed by atoms with Crippen LogP contribution in [0.2, 0.25) is 0 Å². The van der Waals surface area contributed by atoms with Crippen molar-refractivity contribution in [3.8, 4) is 5.69 Å². The fourth-order valence-corrected chi connectivity index (χ4v) is 9.10. The molecule has 1 aliphatic carbocycles. The van der Waals surface area contributed by atoms with E-state index in [1.165, 1.54) is 81.0 Å². The molecule has 4 aromatic carbocycles. The highest BCUT2D eigenvalue weighted by molar-refractivity contribution is 7.00. The van der Waals surface area contributed by atoms with E-state index in [-0.39, 0.29) is 23.1 Å². The second-order valence-corrected chi connectivity index (χ2v) is 14.1. The molecule has 2 nitrogen and oxygen atoms in total. The highest BCUT2D eigenvalue weighted by Crippen LogP contribution is 2.62. The summed E-state index contributed by atoms with van der Waals surface area (Å²) in [5, 5.41) is 2.82. The summed E-state index contributed by atoms with van der Waals surface area (Å²) < 4.78 is 2.63. The van der Waals surface area contributed by atoms with Gasteiger partial charge in [-0.05, 0) is 77.0 Å². The molecule has 3 heteroatoms. The lowest BCUT2D eigenvalue weighted by molar-refractivity contribution is 0.195. The molecule has 4 aliphatic rings. The van der Waals surface area contributed by atoms with Gasteiger partial charge < -0.3 is 9.47 Å². The number of rotatable bonds is 0. The second kappa shape index (κ2) is 6.81. The zero-order valence-electron chi connectivity index (χ0n) is 23.7. The van der Waals surface area contributed by atoms with Gasteiger partial charge in [-0.3, -0.25) is 0 Å². The van der Waals surface area contributed by atoms with Crippen molar-refractivity contribution in [2.24, 2.45) is 0 Å². The zero-order valence-corrected chi connectivity index (χ0v) is 23.7. The molecule has 39 heavy (non-hydrogen) atoms. The van der Waals surface area contributed by atoms with Crippen LogP contribution in [0.1, 0.15) is 71.4 Å². The van der Waals surface area contributed by atoms with Gasteiger partial charge in [-0.2, -0.15) is 0 Å². The lowest BCUT2D eigenvalue weighted by Crippen LogP contribution is -2.63. The number of hydrogen-bond acceptors (Lipinski definition) is 1. The minimum absolute atomic E-state index is 0.0843. The fourth-order valence-electron chi connectivity index (χ4n) is 9.10. The van der Waals surface area contributed by atoms with E-state index < -0.39 is 0 Å². The molecule has 1 fully saturated rings. The molecule has 4 heterocycles. The zero-order chi connectivity index (χ0) is 26.5. The van der Waals surface area contributed by atoms with Crippen LogP contribution in [0.3, 0.4) is 0 Å². The molecule has 3 aliphatic heterocycles. The molecule has 0 bridgehead atoms. The molecule has 0 N–H and O–H groups in total. The summed E-state index contributed by atoms with van der Waals surface area (Å²) >= 11 is 0. The largest absolute Gasteiger partial charge is 0.335 e. The van der Waals surface area contributed by atoms with Gasteiger partial charge in [0.15, 0.2) is 0 Å². The summed E-state index contributed by atoms with van der Waals surface area (Å²) in [7, 11) is 0. The van der Waals surface area contributed by atoms with Gasteiger partial charge in [0.1, 0.15) is 0 Å². The smallest absolute Gasteiger partial charge is 0.252 e. The van der Waals surface area contributed by atoms with Crippen LogP contribution in [-0.2, 0) is 10.8 Å². The van der Waals surface area contributed by atoms with E-state index in [0.29, 0.717) is 0 Å². The maximum atomic E-state index is 2.82. The molecule has 0 radical (unpaired) electrons. The minimum Gasteiger partial charge on any atom is -0.335 e. The predicted molar refractivity (Wildman–Crippen MR) is 167 cm³/mol. The average molecular weight is 507 g/mol. The molecule has 2 atom stereocenters. The van der Waals surface area contributed by atoms with Crippen LogP contribution in [0.25, 0.3) is 27.5 Å². The first-order chi connectivity index (χ1) is 18.7. The lowest BCUT2D eigenvalue weighted by Gasteiger charge is -2.52. The third kappa shape index (κ3) is 2.40. The normalized spacial score (nSPS) is 24.2. The summed E-state index contributed by atoms with van der Waals surface area (Å²) in [4.78, 5) is 2.82. The predicted octanol–water partition coefficient (Wildman–Crippen LogP) is 6.97. The molecule has 1 saturated carbocycles. The van der Waals surface area contributed by atoms with Gasteiger partial charge in [0.25, 0.3) is 6.71 Å². The third-order valence-corrected chi connectivity index (χ3v) is 11.3. The minimum atomic E-state index is 0.0843. The van der Waals surface area contributed by atoms with Crippen LogP contribution in [-0.4, -0.2) is 16.8 Å². The molecule has 0 amide bonds. The van der Waals surface area contributed by atoms with Gasteiger partial charge in [0.2, 0.25) is 0 Å². The Kier molecular flexibility index (Phi) is 3.91. The summed E-state index contributed by atoms with van der Waals surface area (Å²) in [6, 6.07) is 28.4. The Morgan fingerprint density at radius 1 is 0.769 bits per heavy atom. The van der Waals surface area contributed by atoms with Crippen molar-refractivity contribution in [2.45, 2.75) is 76.7 Å². The van der Waals surface area contributed by atoms with Crippen LogP contribution >= 0.6 is 0 Å². The van der Waals surface area contributed by atoms with Crippen molar-refractivity contribution in [3.63, 3.8) is 0 Å². The highest BCUT2D eigenvalue weighted by atomic mass is 15.3. The van der Waals surface area contributed by atoms with E-state index in [0.717, 1.165) is 0 Å². The first-order valence-electron chi connectivity index (χ1n) is 14.9. The van der Waals surface area contributed by atoms with Gasteiger partial charge in [-0.25, -0.2) is 0 Å². The molecular formula is C36H35BN2. The van der Waals surface area contributed by atoms with Gasteiger partial charge in [-0.1, -0.05) is 89.1 Å². The Morgan fingerprint density at radius 3 is 2.36 bits per heavy atom. The van der Waals surface area contributed by atoms with Crippen molar-refractivity contribution < 1.29 is 0 Å². The molecule has 192 valence electrons. The van der Waals surface area contributed by atoms with Crippen LogP contribution in [0.4, 0.5) is 11.4 Å². The maximum absolute atomic E-state index is 2.82. The van der Waals surface area contributed by atoms with Crippen LogP contribution < -0.4 is 21.3 Å². The number of hydrogen-bond donors (Lipinski definition) is 0. The van der Waals surface area contributed by atoms with E-state index in [4.69, 9.17) is 0 Å². The second-order valence-electron chi connectivity index (χ2n) is 14.1. The quantitative estimate of drug-likeness (QED) is 0.202. The van der Waals surface area contributed by atoms with E-state index >= 15 is 0 Å². The number of anilines is 2. The molecule has 1 unspecified atom stereocenters. The molecule has 0 spiro atoms. The first kappa shape index (κ1) is 22.4. The van der Waals surface area contributed by atoms with Gasteiger partial charge in [0.05, 0.1) is 16.6 Å². The maximum Gasteiger partial charge on any atom is 0.252 e. The van der Waals surface area contributed by atoms with Crippen LogP contribution in [0.15, 0.2) is 72.8 Å². The molecule has 9 rings (SSSR count). The molecule has 0 saturated heterocycles. The van der Waals surface area contributed by atoms with E-state index in [9.17, 15) is 0 Å². The number of nitrogens with zero attached hydrogens (tertiary/aromatic N) is 2. The summed E-state index contributed by atoms with van der Waals surface area (Å²) in [5.41, 5.74) is 14.8. The lowest BCUT2D eigenvalue weighted by atomic mass is 9.33. The number of para-hydroxylation sites is 2. The molecule has 5 aromatic rings. The van der Waals surface area contributed by atoms with E-state index in [2.05, 4.69) is 117 Å². The third-order valence-electron chi connectivity index (χ3n) is 11.3. The van der Waals surface area contributed by atoms with Crippen molar-refractivity contribution in [1.82, 2.24) is 4.57 Å². The Hall–Kier alpha value is -3.46. The number of benzene rings is 4. The number of fused-ring (bicyclic) bond motifs is 12. The monoisotopic (exact) mass is 506 g/mol. The van der Waals surface area contributed by atoms with E-state index in [1.54, 1.807) is 11.0 Å². The summed E-state index contributed by atoms with van der Waals surface area (Å²) in [6.45, 7) is 12.4. The topological polar surface area (TPSA) is 8.17 Å². The van der Waals surface area contributed by atoms with Crippen molar-refractivity contribution in [3.05, 3.63) is 83.9 Å². The van der Waals surface area contributed by atoms with Crippen LogP contribution in [0.5, 0.6) is 0 Å². The van der Waals surface area contributed by atoms with Crippen molar-refractivity contribution in [2.75, 3.05) is 4.90 Å². The number of aromatic nitrogens is 1. The van der Waals surface area contributed by atoms with Crippen LogP contribution in [0, 0.1) is 0 Å². The van der Waals surface area contributed by atoms with Crippen molar-refractivity contribution in [1.29, 1.82) is 0 Å². The Morgan fingerprint density at radius 2 is 1.51 bits per heavy atom. The van der Waals surface area contributed by atoms with E-state index in [1.807, 2.05) is 0 Å². The Balaban J connectivity index is 1.53. The molecule has 1 aromatic heterocycles. The van der Waals surface area contributed by atoms with Gasteiger partial charge >= 0.3 is 0 Å². The Bertz CT molecular complexity index is 1910. The summed E-state index contributed by atoms with van der Waals surface area (Å²) in [6.07, 6.45) is 5.13.